The van der Waals surface area contributed by atoms with E-state index in [-0.39, 0.29) is 6.10 Å². The molecule has 2 N–H and O–H groups in total. The molecule has 26 heavy (non-hydrogen) atoms. The highest BCUT2D eigenvalue weighted by Gasteiger charge is 2.21. The molecule has 1 saturated heterocycles. The van der Waals surface area contributed by atoms with Gasteiger partial charge in [-0.3, -0.25) is 0 Å². The molecule has 2 aliphatic rings. The smallest absolute Gasteiger partial charge is 0.142 e. The second-order valence-electron chi connectivity index (χ2n) is 7.14. The summed E-state index contributed by atoms with van der Waals surface area (Å²) >= 11 is 1.64. The second kappa shape index (κ2) is 7.90. The van der Waals surface area contributed by atoms with Crippen molar-refractivity contribution < 1.29 is 9.84 Å². The third kappa shape index (κ3) is 4.16. The summed E-state index contributed by atoms with van der Waals surface area (Å²) in [6, 6.07) is 4.65. The van der Waals surface area contributed by atoms with Crippen LogP contribution >= 0.6 is 11.3 Å². The van der Waals surface area contributed by atoms with Gasteiger partial charge in [0.25, 0.3) is 0 Å². The number of anilines is 2. The highest BCUT2D eigenvalue weighted by molar-refractivity contribution is 7.13. The molecular weight excluding hydrogens is 348 g/mol. The molecule has 0 amide bonds. The number of ether oxygens (including phenoxy) is 1. The fraction of sp³-hybridized carbons (Fsp3) is 0.579. The van der Waals surface area contributed by atoms with Gasteiger partial charge in [0.2, 0.25) is 0 Å². The summed E-state index contributed by atoms with van der Waals surface area (Å²) in [6.45, 7) is 5.33. The Morgan fingerprint density at radius 3 is 2.62 bits per heavy atom. The van der Waals surface area contributed by atoms with Crippen molar-refractivity contribution in [1.82, 2.24) is 9.97 Å². The van der Waals surface area contributed by atoms with Crippen LogP contribution in [0.2, 0.25) is 0 Å². The van der Waals surface area contributed by atoms with Crippen molar-refractivity contribution in [1.29, 1.82) is 0 Å². The Morgan fingerprint density at radius 1 is 1.15 bits per heavy atom. The first kappa shape index (κ1) is 17.7. The summed E-state index contributed by atoms with van der Waals surface area (Å²) in [7, 11) is 0. The Balaban J connectivity index is 1.61. The summed E-state index contributed by atoms with van der Waals surface area (Å²) in [5.41, 5.74) is 3.12. The summed E-state index contributed by atoms with van der Waals surface area (Å²) in [6.07, 6.45) is 3.54. The van der Waals surface area contributed by atoms with Gasteiger partial charge in [0.15, 0.2) is 0 Å². The largest absolute Gasteiger partial charge is 0.393 e. The summed E-state index contributed by atoms with van der Waals surface area (Å²) < 4.78 is 5.49. The average Bonchev–Trinajstić information content (AvgIpc) is 3.11. The van der Waals surface area contributed by atoms with Crippen LogP contribution in [0.4, 0.5) is 11.5 Å². The van der Waals surface area contributed by atoms with Crippen molar-refractivity contribution in [3.63, 3.8) is 0 Å². The normalized spacial score (nSPS) is 23.8. The number of aryl methyl sites for hydroxylation is 1. The maximum atomic E-state index is 9.73. The Bertz CT molecular complexity index is 737. The number of pyridine rings is 1. The zero-order valence-electron chi connectivity index (χ0n) is 15.1. The minimum Gasteiger partial charge on any atom is -0.393 e. The van der Waals surface area contributed by atoms with E-state index >= 15 is 0 Å². The van der Waals surface area contributed by atoms with Crippen molar-refractivity contribution >= 4 is 22.8 Å². The van der Waals surface area contributed by atoms with Crippen LogP contribution < -0.4 is 10.2 Å². The van der Waals surface area contributed by atoms with Gasteiger partial charge in [-0.15, -0.1) is 11.3 Å². The van der Waals surface area contributed by atoms with Crippen LogP contribution in [0, 0.1) is 6.92 Å². The Hall–Kier alpha value is -1.70. The average molecular weight is 375 g/mol. The molecule has 1 saturated carbocycles. The van der Waals surface area contributed by atoms with Crippen molar-refractivity contribution in [2.45, 2.75) is 44.8 Å². The van der Waals surface area contributed by atoms with E-state index in [1.165, 1.54) is 5.69 Å². The van der Waals surface area contributed by atoms with Gasteiger partial charge in [-0.1, -0.05) is 0 Å². The molecular formula is C19H26N4O2S. The van der Waals surface area contributed by atoms with Gasteiger partial charge in [0.1, 0.15) is 16.5 Å². The van der Waals surface area contributed by atoms with Gasteiger partial charge in [-0.05, 0) is 38.7 Å². The maximum Gasteiger partial charge on any atom is 0.142 e. The van der Waals surface area contributed by atoms with Crippen LogP contribution in [0.1, 0.15) is 31.4 Å². The number of rotatable bonds is 4. The molecule has 0 radical (unpaired) electrons. The quantitative estimate of drug-likeness (QED) is 0.857. The Labute approximate surface area is 158 Å². The van der Waals surface area contributed by atoms with Gasteiger partial charge in [-0.25, -0.2) is 9.97 Å². The van der Waals surface area contributed by atoms with Crippen molar-refractivity contribution in [2.75, 3.05) is 36.5 Å². The van der Waals surface area contributed by atoms with Crippen LogP contribution in [-0.2, 0) is 4.74 Å². The van der Waals surface area contributed by atoms with Crippen LogP contribution in [0.25, 0.3) is 10.7 Å². The topological polar surface area (TPSA) is 70.5 Å². The highest BCUT2D eigenvalue weighted by atomic mass is 32.1. The van der Waals surface area contributed by atoms with Gasteiger partial charge in [-0.2, -0.15) is 0 Å². The maximum absolute atomic E-state index is 9.73. The molecule has 1 aliphatic carbocycles. The number of aliphatic hydroxyl groups excluding tert-OH is 1. The monoisotopic (exact) mass is 374 g/mol. The van der Waals surface area contributed by atoms with Crippen molar-refractivity contribution in [3.8, 4) is 10.7 Å². The van der Waals surface area contributed by atoms with E-state index in [1.54, 1.807) is 11.3 Å². The standard InChI is InChI=1S/C19H26N4O2S/c1-13-12-26-19(20-13)17-10-15(23-6-8-25-9-7-23)11-18(22-17)21-14-2-4-16(24)5-3-14/h10-12,14,16,24H,2-9H2,1H3,(H,21,22). The molecule has 0 spiro atoms. The van der Waals surface area contributed by atoms with Crippen LogP contribution in [0.3, 0.4) is 0 Å². The third-order valence-corrected chi connectivity index (χ3v) is 6.06. The number of nitrogens with zero attached hydrogens (tertiary/aromatic N) is 3. The van der Waals surface area contributed by atoms with Crippen LogP contribution in [0.5, 0.6) is 0 Å². The number of aromatic nitrogens is 2. The summed E-state index contributed by atoms with van der Waals surface area (Å²) in [4.78, 5) is 11.8. The zero-order chi connectivity index (χ0) is 17.9. The minimum atomic E-state index is -0.144. The van der Waals surface area contributed by atoms with Crippen LogP contribution in [0.15, 0.2) is 17.5 Å². The number of hydrogen-bond acceptors (Lipinski definition) is 7. The first-order valence-corrected chi connectivity index (χ1v) is 10.3. The Kier molecular flexibility index (Phi) is 5.38. The van der Waals surface area contributed by atoms with Crippen molar-refractivity contribution in [3.05, 3.63) is 23.2 Å². The van der Waals surface area contributed by atoms with E-state index in [0.717, 1.165) is 74.2 Å². The van der Waals surface area contributed by atoms with Gasteiger partial charge >= 0.3 is 0 Å². The fourth-order valence-electron chi connectivity index (χ4n) is 3.60. The lowest BCUT2D eigenvalue weighted by atomic mass is 9.93. The second-order valence-corrected chi connectivity index (χ2v) is 8.00. The molecule has 140 valence electrons. The SMILES string of the molecule is Cc1csc(-c2cc(N3CCOCC3)cc(NC3CCC(O)CC3)n2)n1. The molecule has 2 aromatic heterocycles. The first-order chi connectivity index (χ1) is 12.7. The van der Waals surface area contributed by atoms with Gasteiger partial charge in [0, 0.05) is 42.0 Å². The predicted octanol–water partition coefficient (Wildman–Crippen LogP) is 3.07. The molecule has 0 unspecified atom stereocenters. The molecule has 7 heteroatoms. The molecule has 0 bridgehead atoms. The van der Waals surface area contributed by atoms with E-state index in [9.17, 15) is 5.11 Å². The highest BCUT2D eigenvalue weighted by Crippen LogP contribution is 2.30. The number of nitrogens with one attached hydrogen (secondary N) is 1. The molecule has 1 aliphatic heterocycles. The first-order valence-electron chi connectivity index (χ1n) is 9.39. The lowest BCUT2D eigenvalue weighted by Gasteiger charge is -2.30. The lowest BCUT2D eigenvalue weighted by Crippen LogP contribution is -2.36. The van der Waals surface area contributed by atoms with E-state index in [1.807, 2.05) is 6.92 Å². The molecule has 0 atom stereocenters. The minimum absolute atomic E-state index is 0.144. The molecule has 6 nitrogen and oxygen atoms in total. The zero-order valence-corrected chi connectivity index (χ0v) is 16.0. The van der Waals surface area contributed by atoms with E-state index in [0.29, 0.717) is 6.04 Å². The van der Waals surface area contributed by atoms with Gasteiger partial charge < -0.3 is 20.1 Å². The van der Waals surface area contributed by atoms with Crippen LogP contribution in [-0.4, -0.2) is 53.5 Å². The van der Waals surface area contributed by atoms with E-state index < -0.39 is 0 Å². The Morgan fingerprint density at radius 2 is 1.92 bits per heavy atom. The molecule has 3 heterocycles. The molecule has 2 fully saturated rings. The van der Waals surface area contributed by atoms with Crippen molar-refractivity contribution in [2.24, 2.45) is 0 Å². The molecule has 4 rings (SSSR count). The van der Waals surface area contributed by atoms with E-state index in [4.69, 9.17) is 9.72 Å². The summed E-state index contributed by atoms with van der Waals surface area (Å²) in [5, 5.41) is 16.3. The number of aliphatic hydroxyl groups is 1. The molecule has 2 aromatic rings. The van der Waals surface area contributed by atoms with Gasteiger partial charge in [0.05, 0.1) is 19.3 Å². The third-order valence-electron chi connectivity index (χ3n) is 5.07. The summed E-state index contributed by atoms with van der Waals surface area (Å²) in [5.74, 6) is 0.901. The lowest BCUT2D eigenvalue weighted by molar-refractivity contribution is 0.122. The number of thiazole rings is 1. The van der Waals surface area contributed by atoms with E-state index in [2.05, 4.69) is 32.7 Å². The number of hydrogen-bond donors (Lipinski definition) is 2. The predicted molar refractivity (Wildman–Crippen MR) is 105 cm³/mol. The number of morpholine rings is 1. The molecule has 0 aromatic carbocycles. The fourth-order valence-corrected chi connectivity index (χ4v) is 4.36.